The fraction of sp³-hybridized carbons (Fsp3) is 0.200. The first-order chi connectivity index (χ1) is 2.91. The van der Waals surface area contributed by atoms with Gasteiger partial charge < -0.3 is 0 Å². The van der Waals surface area contributed by atoms with E-state index in [0.717, 1.165) is 0 Å². The molecular formula is C5H5F. The van der Waals surface area contributed by atoms with Crippen LogP contribution in [-0.2, 0) is 0 Å². The molecule has 0 aliphatic rings. The summed E-state index contributed by atoms with van der Waals surface area (Å²) >= 11 is 0. The average molecular weight is 84.1 g/mol. The Labute approximate surface area is 36.7 Å². The lowest BCUT2D eigenvalue weighted by Gasteiger charge is -1.62. The van der Waals surface area contributed by atoms with Crippen LogP contribution >= 0.6 is 0 Å². The van der Waals surface area contributed by atoms with Crippen LogP contribution in [0, 0.1) is 12.3 Å². The predicted octanol–water partition coefficient (Wildman–Crippen LogP) is 1.15. The Bertz CT molecular complexity index is 76.4. The molecule has 1 heteroatoms. The van der Waals surface area contributed by atoms with Crippen molar-refractivity contribution in [2.45, 2.75) is 0 Å². The van der Waals surface area contributed by atoms with Gasteiger partial charge in [-0.05, 0) is 12.2 Å². The van der Waals surface area contributed by atoms with Gasteiger partial charge in [-0.1, -0.05) is 5.92 Å². The van der Waals surface area contributed by atoms with Gasteiger partial charge in [0, 0.05) is 0 Å². The molecule has 0 unspecified atom stereocenters. The predicted molar refractivity (Wildman–Crippen MR) is 23.9 cm³/mol. The minimum Gasteiger partial charge on any atom is -0.247 e. The molecule has 0 amide bonds. The molecule has 6 heavy (non-hydrogen) atoms. The van der Waals surface area contributed by atoms with Crippen molar-refractivity contribution < 1.29 is 4.39 Å². The molecule has 0 N–H and O–H groups in total. The van der Waals surface area contributed by atoms with Gasteiger partial charge in [-0.15, -0.1) is 6.42 Å². The molecule has 0 aromatic rings. The van der Waals surface area contributed by atoms with Crippen molar-refractivity contribution in [1.82, 2.24) is 0 Å². The first-order valence-electron chi connectivity index (χ1n) is 1.59. The number of halogens is 1. The van der Waals surface area contributed by atoms with Crippen molar-refractivity contribution in [2.75, 3.05) is 6.67 Å². The SMILES string of the molecule is C#C/C=C/CF. The van der Waals surface area contributed by atoms with Crippen LogP contribution in [0.3, 0.4) is 0 Å². The van der Waals surface area contributed by atoms with Crippen LogP contribution in [0.5, 0.6) is 0 Å². The van der Waals surface area contributed by atoms with Crippen LogP contribution < -0.4 is 0 Å². The van der Waals surface area contributed by atoms with E-state index in [1.165, 1.54) is 12.2 Å². The lowest BCUT2D eigenvalue weighted by Crippen LogP contribution is -1.55. The van der Waals surface area contributed by atoms with E-state index < -0.39 is 6.67 Å². The van der Waals surface area contributed by atoms with Gasteiger partial charge in [0.05, 0.1) is 0 Å². The second kappa shape index (κ2) is 4.23. The molecule has 0 saturated carbocycles. The number of hydrogen-bond donors (Lipinski definition) is 0. The van der Waals surface area contributed by atoms with E-state index in [1.807, 2.05) is 0 Å². The summed E-state index contributed by atoms with van der Waals surface area (Å²) < 4.78 is 11.0. The van der Waals surface area contributed by atoms with Gasteiger partial charge in [0.1, 0.15) is 6.67 Å². The zero-order valence-corrected chi connectivity index (χ0v) is 3.32. The van der Waals surface area contributed by atoms with Gasteiger partial charge in [-0.2, -0.15) is 0 Å². The highest BCUT2D eigenvalue weighted by molar-refractivity contribution is 5.08. The van der Waals surface area contributed by atoms with Crippen LogP contribution in [0.4, 0.5) is 4.39 Å². The molecule has 0 radical (unpaired) electrons. The summed E-state index contributed by atoms with van der Waals surface area (Å²) in [6.07, 6.45) is 7.32. The largest absolute Gasteiger partial charge is 0.247 e. The minimum absolute atomic E-state index is 0.468. The Morgan fingerprint density at radius 2 is 2.50 bits per heavy atom. The molecule has 0 heterocycles. The Morgan fingerprint density at radius 1 is 1.83 bits per heavy atom. The standard InChI is InChI=1S/C5H5F/c1-2-3-4-5-6/h1,3-4H,5H2/b4-3+. The zero-order valence-electron chi connectivity index (χ0n) is 3.32. The van der Waals surface area contributed by atoms with E-state index in [4.69, 9.17) is 6.42 Å². The summed E-state index contributed by atoms with van der Waals surface area (Å²) in [5.74, 6) is 2.15. The van der Waals surface area contributed by atoms with E-state index in [2.05, 4.69) is 5.92 Å². The van der Waals surface area contributed by atoms with E-state index in [0.29, 0.717) is 0 Å². The Morgan fingerprint density at radius 3 is 2.67 bits per heavy atom. The molecule has 32 valence electrons. The Hall–Kier alpha value is -0.770. The average Bonchev–Trinajstić information content (AvgIpc) is 1.61. The maximum Gasteiger partial charge on any atom is 0.109 e. The van der Waals surface area contributed by atoms with Gasteiger partial charge in [-0.3, -0.25) is 0 Å². The molecule has 0 fully saturated rings. The fourth-order valence-electron chi connectivity index (χ4n) is 0.113. The zero-order chi connectivity index (χ0) is 4.83. The van der Waals surface area contributed by atoms with Crippen LogP contribution in [0.2, 0.25) is 0 Å². The summed E-state index contributed by atoms with van der Waals surface area (Å²) in [5.41, 5.74) is 0. The number of hydrogen-bond acceptors (Lipinski definition) is 0. The van der Waals surface area contributed by atoms with Gasteiger partial charge in [0.15, 0.2) is 0 Å². The van der Waals surface area contributed by atoms with E-state index in [9.17, 15) is 4.39 Å². The minimum atomic E-state index is -0.468. The number of rotatable bonds is 1. The van der Waals surface area contributed by atoms with Gasteiger partial charge >= 0.3 is 0 Å². The molecule has 0 nitrogen and oxygen atoms in total. The summed E-state index contributed by atoms with van der Waals surface area (Å²) in [7, 11) is 0. The summed E-state index contributed by atoms with van der Waals surface area (Å²) in [6.45, 7) is -0.468. The quantitative estimate of drug-likeness (QED) is 0.418. The summed E-state index contributed by atoms with van der Waals surface area (Å²) in [6, 6.07) is 0. The van der Waals surface area contributed by atoms with Gasteiger partial charge in [0.25, 0.3) is 0 Å². The second-order valence-electron chi connectivity index (χ2n) is 0.723. The third kappa shape index (κ3) is 3.23. The van der Waals surface area contributed by atoms with Gasteiger partial charge in [-0.25, -0.2) is 4.39 Å². The normalized spacial score (nSPS) is 8.67. The lowest BCUT2D eigenvalue weighted by atomic mass is 10.5. The molecular weight excluding hydrogens is 79.1 g/mol. The monoisotopic (exact) mass is 84.0 g/mol. The second-order valence-corrected chi connectivity index (χ2v) is 0.723. The number of terminal acetylenes is 1. The van der Waals surface area contributed by atoms with E-state index in [1.54, 1.807) is 0 Å². The Kier molecular flexibility index (Phi) is 3.69. The van der Waals surface area contributed by atoms with Gasteiger partial charge in [0.2, 0.25) is 0 Å². The third-order valence-corrected chi connectivity index (χ3v) is 0.303. The number of alkyl halides is 1. The van der Waals surface area contributed by atoms with Crippen LogP contribution in [0.25, 0.3) is 0 Å². The topological polar surface area (TPSA) is 0 Å². The first kappa shape index (κ1) is 5.23. The third-order valence-electron chi connectivity index (χ3n) is 0.303. The highest BCUT2D eigenvalue weighted by Crippen LogP contribution is 1.68. The molecule has 0 bridgehead atoms. The first-order valence-corrected chi connectivity index (χ1v) is 1.59. The van der Waals surface area contributed by atoms with Crippen LogP contribution in [0.1, 0.15) is 0 Å². The van der Waals surface area contributed by atoms with Crippen molar-refractivity contribution in [3.8, 4) is 12.3 Å². The summed E-state index contributed by atoms with van der Waals surface area (Å²) in [4.78, 5) is 0. The fourth-order valence-corrected chi connectivity index (χ4v) is 0.113. The number of allylic oxidation sites excluding steroid dienone is 2. The maximum atomic E-state index is 11.0. The molecule has 0 spiro atoms. The van der Waals surface area contributed by atoms with Crippen molar-refractivity contribution in [3.05, 3.63) is 12.2 Å². The van der Waals surface area contributed by atoms with E-state index >= 15 is 0 Å². The Balaban J connectivity index is 3.02. The maximum absolute atomic E-state index is 11.0. The van der Waals surface area contributed by atoms with Crippen molar-refractivity contribution in [3.63, 3.8) is 0 Å². The molecule has 0 aliphatic heterocycles. The van der Waals surface area contributed by atoms with E-state index in [-0.39, 0.29) is 0 Å². The van der Waals surface area contributed by atoms with Crippen molar-refractivity contribution >= 4 is 0 Å². The van der Waals surface area contributed by atoms with Crippen molar-refractivity contribution in [1.29, 1.82) is 0 Å². The smallest absolute Gasteiger partial charge is 0.109 e. The molecule has 0 saturated heterocycles. The molecule has 0 aromatic carbocycles. The summed E-state index contributed by atoms with van der Waals surface area (Å²) in [5, 5.41) is 0. The molecule has 0 rings (SSSR count). The van der Waals surface area contributed by atoms with Crippen LogP contribution in [-0.4, -0.2) is 6.67 Å². The molecule has 0 aliphatic carbocycles. The lowest BCUT2D eigenvalue weighted by molar-refractivity contribution is 0.562. The molecule has 0 atom stereocenters. The molecule has 0 aromatic heterocycles. The highest BCUT2D eigenvalue weighted by Gasteiger charge is 1.58. The van der Waals surface area contributed by atoms with Crippen LogP contribution in [0.15, 0.2) is 12.2 Å². The highest BCUT2D eigenvalue weighted by atomic mass is 19.1. The van der Waals surface area contributed by atoms with Crippen molar-refractivity contribution in [2.24, 2.45) is 0 Å².